The lowest BCUT2D eigenvalue weighted by molar-refractivity contribution is 0.101. The lowest BCUT2D eigenvalue weighted by Crippen LogP contribution is -1.94. The maximum atomic E-state index is 11.4. The molecular weight excluding hydrogens is 287 g/mol. The van der Waals surface area contributed by atoms with Crippen molar-refractivity contribution in [3.05, 3.63) is 45.5 Å². The Hall–Kier alpha value is -0.900. The molecule has 0 aromatic heterocycles. The molecule has 0 atom stereocenters. The van der Waals surface area contributed by atoms with E-state index in [9.17, 15) is 4.79 Å². The van der Waals surface area contributed by atoms with Crippen molar-refractivity contribution in [1.82, 2.24) is 0 Å². The summed E-state index contributed by atoms with van der Waals surface area (Å²) in [5, 5.41) is 2.20. The predicted molar refractivity (Wildman–Crippen MR) is 66.7 cm³/mol. The summed E-state index contributed by atoms with van der Waals surface area (Å²) in [6.45, 7) is 1.61. The molecule has 0 aliphatic carbocycles. The van der Waals surface area contributed by atoms with Crippen molar-refractivity contribution in [3.63, 3.8) is 0 Å². The second kappa shape index (κ2) is 3.69. The zero-order valence-electron chi connectivity index (χ0n) is 7.75. The average molecular weight is 296 g/mol. The van der Waals surface area contributed by atoms with Crippen LogP contribution in [0.5, 0.6) is 0 Å². The Morgan fingerprint density at radius 1 is 1.14 bits per heavy atom. The molecule has 0 aliphatic heterocycles. The Morgan fingerprint density at radius 3 is 2.43 bits per heavy atom. The van der Waals surface area contributed by atoms with Gasteiger partial charge in [-0.2, -0.15) is 0 Å². The molecule has 1 nitrogen and oxygen atoms in total. The van der Waals surface area contributed by atoms with Gasteiger partial charge in [-0.25, -0.2) is 0 Å². The fourth-order valence-corrected chi connectivity index (χ4v) is 2.40. The maximum Gasteiger partial charge on any atom is 0.160 e. The quantitative estimate of drug-likeness (QED) is 0.580. The van der Waals surface area contributed by atoms with E-state index in [1.54, 1.807) is 6.92 Å². The van der Waals surface area contributed by atoms with Gasteiger partial charge in [0.15, 0.2) is 5.78 Å². The van der Waals surface area contributed by atoms with Gasteiger partial charge in [-0.3, -0.25) is 4.79 Å². The minimum atomic E-state index is 0.125. The van der Waals surface area contributed by atoms with Gasteiger partial charge in [-0.05, 0) is 41.0 Å². The predicted octanol–water partition coefficient (Wildman–Crippen LogP) is 3.65. The number of fused-ring (bicyclic) bond motifs is 1. The van der Waals surface area contributed by atoms with Crippen molar-refractivity contribution in [3.8, 4) is 0 Å². The highest BCUT2D eigenvalue weighted by Gasteiger charge is 2.07. The molecule has 2 heteroatoms. The molecule has 2 aromatic carbocycles. The molecule has 0 bridgehead atoms. The van der Waals surface area contributed by atoms with Crippen LogP contribution in [0.1, 0.15) is 17.3 Å². The summed E-state index contributed by atoms with van der Waals surface area (Å²) in [6, 6.07) is 11.9. The second-order valence-electron chi connectivity index (χ2n) is 3.20. The van der Waals surface area contributed by atoms with E-state index in [0.29, 0.717) is 0 Å². The van der Waals surface area contributed by atoms with Crippen LogP contribution in [0.15, 0.2) is 36.4 Å². The molecule has 0 amide bonds. The van der Waals surface area contributed by atoms with Gasteiger partial charge < -0.3 is 0 Å². The first kappa shape index (κ1) is 9.65. The molecular formula is C12H9IO. The van der Waals surface area contributed by atoms with Gasteiger partial charge in [0, 0.05) is 14.5 Å². The molecule has 0 N–H and O–H groups in total. The van der Waals surface area contributed by atoms with E-state index >= 15 is 0 Å². The van der Waals surface area contributed by atoms with Gasteiger partial charge in [0.25, 0.3) is 0 Å². The van der Waals surface area contributed by atoms with E-state index in [-0.39, 0.29) is 5.78 Å². The van der Waals surface area contributed by atoms with E-state index < -0.39 is 0 Å². The SMILES string of the molecule is CC(=O)c1cccc2cccc(I)c12. The Kier molecular flexibility index (Phi) is 2.54. The third-order valence-corrected chi connectivity index (χ3v) is 3.13. The van der Waals surface area contributed by atoms with Gasteiger partial charge in [-0.15, -0.1) is 0 Å². The van der Waals surface area contributed by atoms with Crippen molar-refractivity contribution in [2.45, 2.75) is 6.92 Å². The first-order valence-corrected chi connectivity index (χ1v) is 5.46. The molecule has 0 spiro atoms. The van der Waals surface area contributed by atoms with Crippen LogP contribution in [0.4, 0.5) is 0 Å². The van der Waals surface area contributed by atoms with Gasteiger partial charge in [0.1, 0.15) is 0 Å². The number of Topliss-reactive ketones (excluding diaryl/α,β-unsaturated/α-hetero) is 1. The van der Waals surface area contributed by atoms with Crippen LogP contribution in [0.3, 0.4) is 0 Å². The van der Waals surface area contributed by atoms with Crippen LogP contribution < -0.4 is 0 Å². The van der Waals surface area contributed by atoms with E-state index in [1.807, 2.05) is 36.4 Å². The summed E-state index contributed by atoms with van der Waals surface area (Å²) < 4.78 is 1.13. The van der Waals surface area contributed by atoms with Gasteiger partial charge >= 0.3 is 0 Å². The molecule has 70 valence electrons. The Labute approximate surface area is 96.3 Å². The summed E-state index contributed by atoms with van der Waals surface area (Å²) in [4.78, 5) is 11.4. The van der Waals surface area contributed by atoms with E-state index in [4.69, 9.17) is 0 Å². The summed E-state index contributed by atoms with van der Waals surface area (Å²) >= 11 is 2.26. The average Bonchev–Trinajstić information content (AvgIpc) is 2.17. The summed E-state index contributed by atoms with van der Waals surface area (Å²) in [5.74, 6) is 0.125. The van der Waals surface area contributed by atoms with Crippen molar-refractivity contribution < 1.29 is 4.79 Å². The van der Waals surface area contributed by atoms with Gasteiger partial charge in [0.05, 0.1) is 0 Å². The van der Waals surface area contributed by atoms with Crippen molar-refractivity contribution >= 4 is 39.1 Å². The molecule has 0 saturated heterocycles. The van der Waals surface area contributed by atoms with Crippen LogP contribution in [0.2, 0.25) is 0 Å². The molecule has 0 aliphatic rings. The highest BCUT2D eigenvalue weighted by Crippen LogP contribution is 2.24. The standard InChI is InChI=1S/C12H9IO/c1-8(14)10-6-2-4-9-5-3-7-11(13)12(9)10/h2-7H,1H3. The largest absolute Gasteiger partial charge is 0.294 e. The third-order valence-electron chi connectivity index (χ3n) is 2.23. The first-order chi connectivity index (χ1) is 6.70. The number of hydrogen-bond donors (Lipinski definition) is 0. The maximum absolute atomic E-state index is 11.4. The summed E-state index contributed by atoms with van der Waals surface area (Å²) in [7, 11) is 0. The van der Waals surface area contributed by atoms with Crippen LogP contribution in [0.25, 0.3) is 10.8 Å². The summed E-state index contributed by atoms with van der Waals surface area (Å²) in [6.07, 6.45) is 0. The van der Waals surface area contributed by atoms with Crippen molar-refractivity contribution in [1.29, 1.82) is 0 Å². The fraction of sp³-hybridized carbons (Fsp3) is 0.0833. The smallest absolute Gasteiger partial charge is 0.160 e. The third kappa shape index (κ3) is 1.54. The Bertz CT molecular complexity index is 497. The Morgan fingerprint density at radius 2 is 1.79 bits per heavy atom. The molecule has 0 radical (unpaired) electrons. The van der Waals surface area contributed by atoms with Crippen molar-refractivity contribution in [2.24, 2.45) is 0 Å². The molecule has 14 heavy (non-hydrogen) atoms. The minimum Gasteiger partial charge on any atom is -0.294 e. The zero-order chi connectivity index (χ0) is 10.1. The van der Waals surface area contributed by atoms with Gasteiger partial charge in [-0.1, -0.05) is 30.3 Å². The molecule has 0 unspecified atom stereocenters. The summed E-state index contributed by atoms with van der Waals surface area (Å²) in [5.41, 5.74) is 0.813. The lowest BCUT2D eigenvalue weighted by atomic mass is 10.0. The van der Waals surface area contributed by atoms with Crippen LogP contribution >= 0.6 is 22.6 Å². The number of hydrogen-bond acceptors (Lipinski definition) is 1. The number of benzene rings is 2. The van der Waals surface area contributed by atoms with Crippen LogP contribution in [-0.4, -0.2) is 5.78 Å². The normalized spacial score (nSPS) is 10.4. The van der Waals surface area contributed by atoms with E-state index in [2.05, 4.69) is 22.6 Å². The zero-order valence-corrected chi connectivity index (χ0v) is 9.91. The van der Waals surface area contributed by atoms with Crippen molar-refractivity contribution in [2.75, 3.05) is 0 Å². The van der Waals surface area contributed by atoms with Crippen LogP contribution in [0, 0.1) is 3.57 Å². The molecule has 0 heterocycles. The fourth-order valence-electron chi connectivity index (χ4n) is 1.59. The van der Waals surface area contributed by atoms with E-state index in [0.717, 1.165) is 19.9 Å². The topological polar surface area (TPSA) is 17.1 Å². The number of carbonyl (C=O) groups is 1. The number of ketones is 1. The Balaban J connectivity index is 2.91. The lowest BCUT2D eigenvalue weighted by Gasteiger charge is -2.04. The molecule has 0 saturated carbocycles. The van der Waals surface area contributed by atoms with Crippen LogP contribution in [-0.2, 0) is 0 Å². The molecule has 2 aromatic rings. The number of carbonyl (C=O) groups excluding carboxylic acids is 1. The second-order valence-corrected chi connectivity index (χ2v) is 4.36. The highest BCUT2D eigenvalue weighted by molar-refractivity contribution is 14.1. The van der Waals surface area contributed by atoms with E-state index in [1.165, 1.54) is 0 Å². The number of rotatable bonds is 1. The monoisotopic (exact) mass is 296 g/mol. The first-order valence-electron chi connectivity index (χ1n) is 4.38. The van der Waals surface area contributed by atoms with Gasteiger partial charge in [0.2, 0.25) is 0 Å². The molecule has 0 fully saturated rings. The number of halogens is 1. The minimum absolute atomic E-state index is 0.125. The molecule has 2 rings (SSSR count). The highest BCUT2D eigenvalue weighted by atomic mass is 127.